The highest BCUT2D eigenvalue weighted by Gasteiger charge is 2.23. The van der Waals surface area contributed by atoms with Crippen molar-refractivity contribution >= 4 is 55.5 Å². The highest BCUT2D eigenvalue weighted by molar-refractivity contribution is 8.03. The fourth-order valence-corrected chi connectivity index (χ4v) is 6.21. The zero-order valence-electron chi connectivity index (χ0n) is 20.1. The Bertz CT molecular complexity index is 1330. The summed E-state index contributed by atoms with van der Waals surface area (Å²) in [6.07, 6.45) is 6.70. The Morgan fingerprint density at radius 1 is 1.09 bits per heavy atom. The second-order valence-corrected chi connectivity index (χ2v) is 10.8. The first-order valence-electron chi connectivity index (χ1n) is 11.1. The van der Waals surface area contributed by atoms with Gasteiger partial charge in [-0.05, 0) is 70.0 Å². The summed E-state index contributed by atoms with van der Waals surface area (Å²) in [6.45, 7) is 12.1. The number of aryl methyl sites for hydroxylation is 3. The topological polar surface area (TPSA) is 73.5 Å². The largest absolute Gasteiger partial charge is 0.726 e. The van der Waals surface area contributed by atoms with Crippen LogP contribution in [0.5, 0.6) is 0 Å². The molecule has 0 unspecified atom stereocenters. The number of thioether (sulfide) groups is 1. The predicted octanol–water partition coefficient (Wildman–Crippen LogP) is 5.80. The zero-order valence-corrected chi connectivity index (χ0v) is 22.5. The van der Waals surface area contributed by atoms with Crippen molar-refractivity contribution in [1.82, 2.24) is 0 Å². The van der Waals surface area contributed by atoms with Crippen molar-refractivity contribution < 1.29 is 21.7 Å². The van der Waals surface area contributed by atoms with Crippen LogP contribution in [-0.4, -0.2) is 26.1 Å². The Morgan fingerprint density at radius 2 is 1.79 bits per heavy atom. The molecule has 1 aliphatic heterocycles. The standard InChI is InChI=1S/C23H25N2S2.C2H6O4S/c1-5-24-18-14-16(3)10-12-20(18)26-22(24)8-7-9-23-25(6-2)19-15-17(4)11-13-21(19)27-23;1-2-6-7(3,4)5/h7-15H,5-6H2,1-4H3;2H2,1H3,(H,3,4,5)/q+1;/p-1. The molecule has 9 heteroatoms. The maximum atomic E-state index is 9.45. The molecule has 6 nitrogen and oxygen atoms in total. The number of allylic oxidation sites excluding steroid dienone is 2. The number of hydrogen-bond donors (Lipinski definition) is 0. The van der Waals surface area contributed by atoms with E-state index in [-0.39, 0.29) is 6.61 Å². The average Bonchev–Trinajstić information content (AvgIpc) is 3.29. The second-order valence-electron chi connectivity index (χ2n) is 7.65. The van der Waals surface area contributed by atoms with Crippen molar-refractivity contribution in [1.29, 1.82) is 0 Å². The molecule has 0 fully saturated rings. The molecule has 0 aliphatic carbocycles. The molecule has 0 N–H and O–H groups in total. The normalized spacial score (nSPS) is 14.6. The minimum atomic E-state index is -4.42. The molecule has 0 spiro atoms. The highest BCUT2D eigenvalue weighted by atomic mass is 32.3. The molecule has 182 valence electrons. The van der Waals surface area contributed by atoms with Crippen molar-refractivity contribution in [2.24, 2.45) is 0 Å². The SMILES string of the molecule is CCN1/C(=C/C=C/c2sc3ccc(C)cc3[n+]2CC)Sc2ccc(C)cc21.CCOS(=O)(=O)[O-]. The smallest absolute Gasteiger partial charge is 0.262 e. The summed E-state index contributed by atoms with van der Waals surface area (Å²) < 4.78 is 35.8. The lowest BCUT2D eigenvalue weighted by Crippen LogP contribution is -2.33. The van der Waals surface area contributed by atoms with Crippen molar-refractivity contribution in [2.75, 3.05) is 18.1 Å². The minimum absolute atomic E-state index is 0.0914. The third-order valence-corrected chi connectivity index (χ3v) is 7.93. The highest BCUT2D eigenvalue weighted by Crippen LogP contribution is 2.46. The van der Waals surface area contributed by atoms with Crippen LogP contribution in [0.2, 0.25) is 0 Å². The van der Waals surface area contributed by atoms with Crippen LogP contribution in [-0.2, 0) is 21.1 Å². The number of hydrogen-bond acceptors (Lipinski definition) is 7. The Labute approximate surface area is 210 Å². The summed E-state index contributed by atoms with van der Waals surface area (Å²) >= 11 is 3.72. The number of rotatable bonds is 6. The maximum absolute atomic E-state index is 9.45. The van der Waals surface area contributed by atoms with E-state index in [1.807, 2.05) is 23.1 Å². The van der Waals surface area contributed by atoms with Gasteiger partial charge in [-0.3, -0.25) is 4.18 Å². The van der Waals surface area contributed by atoms with E-state index in [1.54, 1.807) is 0 Å². The molecule has 2 aromatic carbocycles. The minimum Gasteiger partial charge on any atom is -0.726 e. The van der Waals surface area contributed by atoms with E-state index in [4.69, 9.17) is 0 Å². The van der Waals surface area contributed by atoms with E-state index in [0.717, 1.165) is 13.1 Å². The van der Waals surface area contributed by atoms with Crippen LogP contribution in [0, 0.1) is 13.8 Å². The third-order valence-electron chi connectivity index (χ3n) is 5.14. The van der Waals surface area contributed by atoms with Gasteiger partial charge in [0, 0.05) is 23.6 Å². The first-order chi connectivity index (χ1) is 16.2. The van der Waals surface area contributed by atoms with Gasteiger partial charge in [0.15, 0.2) is 0 Å². The maximum Gasteiger partial charge on any atom is 0.262 e. The number of nitrogens with zero attached hydrogens (tertiary/aromatic N) is 2. The van der Waals surface area contributed by atoms with E-state index in [2.05, 4.69) is 96.0 Å². The molecule has 0 amide bonds. The van der Waals surface area contributed by atoms with Gasteiger partial charge in [0.05, 0.1) is 17.3 Å². The molecule has 2 heterocycles. The second kappa shape index (κ2) is 11.5. The fraction of sp³-hybridized carbons (Fsp3) is 0.320. The van der Waals surface area contributed by atoms with Gasteiger partial charge in [0.25, 0.3) is 5.01 Å². The summed E-state index contributed by atoms with van der Waals surface area (Å²) in [6, 6.07) is 13.4. The Morgan fingerprint density at radius 3 is 2.41 bits per heavy atom. The van der Waals surface area contributed by atoms with Crippen LogP contribution < -0.4 is 9.47 Å². The van der Waals surface area contributed by atoms with Crippen LogP contribution in [0.4, 0.5) is 5.69 Å². The van der Waals surface area contributed by atoms with Crippen LogP contribution in [0.3, 0.4) is 0 Å². The fourth-order valence-electron chi connectivity index (χ4n) is 3.68. The number of anilines is 1. The summed E-state index contributed by atoms with van der Waals surface area (Å²) in [4.78, 5) is 3.75. The number of fused-ring (bicyclic) bond motifs is 2. The summed E-state index contributed by atoms with van der Waals surface area (Å²) in [5, 5.41) is 2.60. The van der Waals surface area contributed by atoms with Gasteiger partial charge in [0.2, 0.25) is 15.9 Å². The van der Waals surface area contributed by atoms with Crippen molar-refractivity contribution in [2.45, 2.75) is 46.1 Å². The number of benzene rings is 2. The molecule has 0 bridgehead atoms. The molecule has 4 rings (SSSR count). The quantitative estimate of drug-likeness (QED) is 0.233. The molecule has 3 aromatic rings. The summed E-state index contributed by atoms with van der Waals surface area (Å²) in [5.74, 6) is 0. The van der Waals surface area contributed by atoms with E-state index in [1.165, 1.54) is 48.9 Å². The molecule has 1 aromatic heterocycles. The summed E-state index contributed by atoms with van der Waals surface area (Å²) in [7, 11) is -4.42. The van der Waals surface area contributed by atoms with Crippen molar-refractivity contribution in [3.05, 3.63) is 69.7 Å². The van der Waals surface area contributed by atoms with Gasteiger partial charge in [-0.1, -0.05) is 41.3 Å². The molecular formula is C25H30N2O4S3. The first kappa shape index (κ1) is 26.4. The molecular weight excluding hydrogens is 488 g/mol. The number of thiazole rings is 1. The van der Waals surface area contributed by atoms with Crippen LogP contribution in [0.25, 0.3) is 16.3 Å². The van der Waals surface area contributed by atoms with E-state index < -0.39 is 10.4 Å². The Kier molecular flexibility index (Phi) is 8.95. The van der Waals surface area contributed by atoms with E-state index in [9.17, 15) is 13.0 Å². The van der Waals surface area contributed by atoms with Crippen LogP contribution in [0.15, 0.2) is 58.5 Å². The number of aromatic nitrogens is 1. The molecule has 34 heavy (non-hydrogen) atoms. The summed E-state index contributed by atoms with van der Waals surface area (Å²) in [5.41, 5.74) is 5.30. The van der Waals surface area contributed by atoms with Gasteiger partial charge >= 0.3 is 0 Å². The average molecular weight is 519 g/mol. The van der Waals surface area contributed by atoms with Crippen molar-refractivity contribution in [3.8, 4) is 0 Å². The van der Waals surface area contributed by atoms with Gasteiger partial charge < -0.3 is 9.45 Å². The first-order valence-corrected chi connectivity index (χ1v) is 14.1. The molecule has 0 atom stereocenters. The van der Waals surface area contributed by atoms with E-state index >= 15 is 0 Å². The van der Waals surface area contributed by atoms with Crippen LogP contribution >= 0.6 is 23.1 Å². The molecule has 0 radical (unpaired) electrons. The third kappa shape index (κ3) is 6.49. The zero-order chi connectivity index (χ0) is 24.9. The molecule has 1 aliphatic rings. The van der Waals surface area contributed by atoms with Crippen LogP contribution in [0.1, 0.15) is 36.9 Å². The van der Waals surface area contributed by atoms with Crippen molar-refractivity contribution in [3.63, 3.8) is 0 Å². The lowest BCUT2D eigenvalue weighted by Gasteiger charge is -2.17. The Hall–Kier alpha value is -2.17. The van der Waals surface area contributed by atoms with Gasteiger partial charge in [0.1, 0.15) is 11.2 Å². The van der Waals surface area contributed by atoms with E-state index in [0.29, 0.717) is 0 Å². The molecule has 0 saturated carbocycles. The van der Waals surface area contributed by atoms with Gasteiger partial charge in [-0.2, -0.15) is 4.57 Å². The monoisotopic (exact) mass is 518 g/mol. The lowest BCUT2D eigenvalue weighted by atomic mass is 10.2. The molecule has 0 saturated heterocycles. The Balaban J connectivity index is 0.000000406. The van der Waals surface area contributed by atoms with Gasteiger partial charge in [-0.15, -0.1) is 0 Å². The lowest BCUT2D eigenvalue weighted by molar-refractivity contribution is -0.665. The predicted molar refractivity (Wildman–Crippen MR) is 141 cm³/mol. The van der Waals surface area contributed by atoms with Gasteiger partial charge in [-0.25, -0.2) is 8.42 Å².